The highest BCUT2D eigenvalue weighted by Gasteiger charge is 2.45. The van der Waals surface area contributed by atoms with E-state index in [2.05, 4.69) is 5.32 Å². The first kappa shape index (κ1) is 42.0. The van der Waals surface area contributed by atoms with Gasteiger partial charge >= 0.3 is 11.9 Å². The molecule has 14 nitrogen and oxygen atoms in total. The van der Waals surface area contributed by atoms with Gasteiger partial charge in [-0.15, -0.1) is 0 Å². The number of aliphatic hydroxyl groups is 4. The minimum Gasteiger partial charge on any atom is -0.505 e. The Morgan fingerprint density at radius 2 is 1.41 bits per heavy atom. The largest absolute Gasteiger partial charge is 0.505 e. The quantitative estimate of drug-likeness (QED) is 0.143. The number of aliphatic hydroxyl groups excluding tert-OH is 4. The molecule has 0 saturated heterocycles. The summed E-state index contributed by atoms with van der Waals surface area (Å²) in [4.78, 5) is 53.0. The maximum atomic E-state index is 14.0. The minimum atomic E-state index is -1.62. The molecule has 6 N–H and O–H groups in total. The molecule has 3 heterocycles. The van der Waals surface area contributed by atoms with E-state index >= 15 is 0 Å². The number of carbonyl (C=O) groups excluding carboxylic acids is 4. The van der Waals surface area contributed by atoms with E-state index in [-0.39, 0.29) is 63.2 Å². The van der Waals surface area contributed by atoms with E-state index in [1.165, 1.54) is 46.8 Å². The van der Waals surface area contributed by atoms with Gasteiger partial charge in [0.2, 0.25) is 6.79 Å². The molecule has 4 bridgehead atoms. The highest BCUT2D eigenvalue weighted by Crippen LogP contribution is 2.53. The van der Waals surface area contributed by atoms with Gasteiger partial charge in [0.15, 0.2) is 11.5 Å². The van der Waals surface area contributed by atoms with Crippen molar-refractivity contribution in [2.24, 2.45) is 29.6 Å². The van der Waals surface area contributed by atoms with Crippen molar-refractivity contribution in [2.45, 2.75) is 86.7 Å². The highest BCUT2D eigenvalue weighted by molar-refractivity contribution is 6.21. The van der Waals surface area contributed by atoms with Crippen molar-refractivity contribution in [1.29, 1.82) is 0 Å². The fraction of sp³-hybridized carbons (Fsp3) is 0.500. The second-order valence-corrected chi connectivity index (χ2v) is 14.4. The van der Waals surface area contributed by atoms with Gasteiger partial charge in [-0.2, -0.15) is 0 Å². The first-order chi connectivity index (χ1) is 25.3. The molecule has 294 valence electrons. The zero-order chi connectivity index (χ0) is 40.5. The molecule has 1 aliphatic carbocycles. The van der Waals surface area contributed by atoms with Gasteiger partial charge in [0, 0.05) is 52.9 Å². The Kier molecular flexibility index (Phi) is 13.0. The summed E-state index contributed by atoms with van der Waals surface area (Å²) >= 11 is 0. The van der Waals surface area contributed by atoms with Gasteiger partial charge in [0.25, 0.3) is 5.91 Å². The predicted molar refractivity (Wildman–Crippen MR) is 197 cm³/mol. The average Bonchev–Trinajstić information content (AvgIpc) is 3.13. The Labute approximate surface area is 314 Å². The summed E-state index contributed by atoms with van der Waals surface area (Å²) in [6.07, 6.45) is 0.456. The minimum absolute atomic E-state index is 0.00611. The summed E-state index contributed by atoms with van der Waals surface area (Å²) in [5.41, 5.74) is 0.550. The Bertz CT molecular complexity index is 1870. The number of phenols is 1. The molecule has 0 spiro atoms. The zero-order valence-electron chi connectivity index (χ0n) is 32.2. The molecule has 9 atom stereocenters. The second kappa shape index (κ2) is 16.7. The third-order valence-corrected chi connectivity index (χ3v) is 10.6. The lowest BCUT2D eigenvalue weighted by atomic mass is 9.76. The topological polar surface area (TPSA) is 218 Å². The molecule has 14 heteroatoms. The Balaban J connectivity index is 2.03. The number of ketones is 1. The third kappa shape index (κ3) is 7.88. The number of hydrogen-bond donors (Lipinski definition) is 6. The number of aromatic hydroxyl groups is 1. The van der Waals surface area contributed by atoms with E-state index in [1.54, 1.807) is 32.9 Å². The van der Waals surface area contributed by atoms with Gasteiger partial charge in [-0.1, -0.05) is 52.0 Å². The number of phenolic OH excluding ortho intramolecular Hbond substituents is 1. The lowest BCUT2D eigenvalue weighted by Gasteiger charge is -2.37. The van der Waals surface area contributed by atoms with Crippen LogP contribution in [0, 0.1) is 36.5 Å². The van der Waals surface area contributed by atoms with E-state index in [4.69, 9.17) is 18.9 Å². The van der Waals surface area contributed by atoms with Crippen LogP contribution in [0.5, 0.6) is 11.5 Å². The van der Waals surface area contributed by atoms with Gasteiger partial charge in [0.05, 0.1) is 48.3 Å². The molecule has 0 fully saturated rings. The maximum Gasteiger partial charge on any atom is 0.313 e. The first-order valence-corrected chi connectivity index (χ1v) is 17.8. The fourth-order valence-electron chi connectivity index (χ4n) is 7.22. The van der Waals surface area contributed by atoms with E-state index in [1.807, 2.05) is 0 Å². The van der Waals surface area contributed by atoms with Crippen molar-refractivity contribution in [3.8, 4) is 11.5 Å². The summed E-state index contributed by atoms with van der Waals surface area (Å²) in [5.74, 6) is -8.30. The smallest absolute Gasteiger partial charge is 0.313 e. The van der Waals surface area contributed by atoms with Crippen molar-refractivity contribution in [3.05, 3.63) is 69.2 Å². The normalized spacial score (nSPS) is 32.3. The number of fused-ring (bicyclic) bond motifs is 14. The summed E-state index contributed by atoms with van der Waals surface area (Å²) < 4.78 is 22.5. The number of rotatable bonds is 2. The summed E-state index contributed by atoms with van der Waals surface area (Å²) in [7, 11) is 1.11. The maximum absolute atomic E-state index is 14.0. The molecular formula is C40H51NO13. The Morgan fingerprint density at radius 3 is 1.98 bits per heavy atom. The monoisotopic (exact) mass is 753 g/mol. The molecular weight excluding hydrogens is 702 g/mol. The van der Waals surface area contributed by atoms with Crippen LogP contribution in [0.1, 0.15) is 76.9 Å². The van der Waals surface area contributed by atoms with Crippen LogP contribution in [0.3, 0.4) is 0 Å². The van der Waals surface area contributed by atoms with Crippen molar-refractivity contribution in [2.75, 3.05) is 19.2 Å². The van der Waals surface area contributed by atoms with Crippen LogP contribution in [0.4, 0.5) is 5.69 Å². The third-order valence-electron chi connectivity index (χ3n) is 10.6. The van der Waals surface area contributed by atoms with Gasteiger partial charge in [-0.25, -0.2) is 0 Å². The number of carbonyl (C=O) groups is 4. The van der Waals surface area contributed by atoms with Crippen LogP contribution in [0.2, 0.25) is 0 Å². The van der Waals surface area contributed by atoms with Crippen molar-refractivity contribution >= 4 is 34.9 Å². The van der Waals surface area contributed by atoms with E-state index in [0.717, 1.165) is 14.0 Å². The second-order valence-electron chi connectivity index (χ2n) is 14.4. The molecule has 0 unspecified atom stereocenters. The molecule has 4 aliphatic rings. The van der Waals surface area contributed by atoms with Gasteiger partial charge in [0.1, 0.15) is 23.2 Å². The van der Waals surface area contributed by atoms with Crippen LogP contribution < -0.4 is 10.1 Å². The number of allylic oxidation sites excluding steroid dienone is 5. The van der Waals surface area contributed by atoms with Crippen LogP contribution in [-0.4, -0.2) is 87.5 Å². The van der Waals surface area contributed by atoms with Crippen LogP contribution in [0.15, 0.2) is 52.5 Å². The fourth-order valence-corrected chi connectivity index (χ4v) is 7.22. The van der Waals surface area contributed by atoms with E-state index in [0.29, 0.717) is 5.57 Å². The lowest BCUT2D eigenvalue weighted by Crippen LogP contribution is -2.50. The van der Waals surface area contributed by atoms with Crippen LogP contribution in [-0.2, 0) is 28.6 Å². The summed E-state index contributed by atoms with van der Waals surface area (Å²) in [6, 6.07) is 0. The molecule has 1 amide bonds. The number of benzene rings is 1. The zero-order valence-corrected chi connectivity index (χ0v) is 32.2. The standard InChI is InChI=1S/C40H51NO13/c1-16-12-11-13-17(2)39(49)41-29-20(5)38(54-24(9)42)25-26(35(29)48)34(47)23(8)37-27(25)36(52-15-53-37)19(4)14-18(3)31(44)22(7)33(46)28(40(50)51-10)32(45)21(6)30(16)43/h11-14,16,18,21-22,28,30-33,43-46,48H,15H2,1-10H3,(H,41,49)/b12-11-,17-13+,19-14+/t16-,18-,21+,22+,28+,30+,31-,32+,33+/m0/s1. The van der Waals surface area contributed by atoms with Crippen molar-refractivity contribution in [1.82, 2.24) is 0 Å². The number of ether oxygens (including phenoxy) is 4. The number of methoxy groups -OCH3 is 1. The van der Waals surface area contributed by atoms with E-state index < -0.39 is 83.4 Å². The van der Waals surface area contributed by atoms with Crippen LogP contribution in [0.25, 0.3) is 5.57 Å². The molecule has 3 aliphatic heterocycles. The molecule has 1 aromatic carbocycles. The SMILES string of the molecule is COC(=O)[C@H]1[C@H](O)[C@H](C)[C@@H](O)[C@@H](C)/C=C(\C)C2=C3C(=C(C)C(=O)c4c(O)c(c(C)c(OC(C)=O)c43)NC(=O)/C(C)=C/C=C\[C@H](C)[C@@H](O)[C@@H](C)[C@H]1O)OCO2. The number of nitrogens with one attached hydrogen (secondary N) is 1. The van der Waals surface area contributed by atoms with Crippen molar-refractivity contribution in [3.63, 3.8) is 0 Å². The molecule has 0 aromatic heterocycles. The summed E-state index contributed by atoms with van der Waals surface area (Å²) in [6.45, 7) is 13.4. The molecule has 0 saturated carbocycles. The first-order valence-electron chi connectivity index (χ1n) is 17.8. The van der Waals surface area contributed by atoms with Gasteiger partial charge in [-0.3, -0.25) is 19.2 Å². The highest BCUT2D eigenvalue weighted by atomic mass is 16.7. The number of amides is 1. The number of Topliss-reactive ketones (excluding diaryl/α,β-unsaturated/α-hetero) is 1. The Hall–Kier alpha value is -4.76. The van der Waals surface area contributed by atoms with E-state index in [9.17, 15) is 44.7 Å². The summed E-state index contributed by atoms with van der Waals surface area (Å²) in [5, 5.41) is 60.0. The number of esters is 2. The lowest BCUT2D eigenvalue weighted by molar-refractivity contribution is -0.164. The molecule has 54 heavy (non-hydrogen) atoms. The van der Waals surface area contributed by atoms with Crippen LogP contribution >= 0.6 is 0 Å². The van der Waals surface area contributed by atoms with Gasteiger partial charge in [-0.05, 0) is 33.3 Å². The molecule has 1 aromatic rings. The molecule has 5 rings (SSSR count). The van der Waals surface area contributed by atoms with Gasteiger partial charge < -0.3 is 49.8 Å². The molecule has 0 radical (unpaired) electrons. The number of anilines is 1. The number of hydrogen-bond acceptors (Lipinski definition) is 13. The average molecular weight is 754 g/mol. The predicted octanol–water partition coefficient (Wildman–Crippen LogP) is 3.99. The van der Waals surface area contributed by atoms with Crippen molar-refractivity contribution < 1.29 is 63.7 Å². The Morgan fingerprint density at radius 1 is 0.833 bits per heavy atom.